The average molecular weight is 410 g/mol. The molecule has 0 bridgehead atoms. The van der Waals surface area contributed by atoms with Gasteiger partial charge in [-0.1, -0.05) is 29.3 Å². The Morgan fingerprint density at radius 3 is 2.73 bits per heavy atom. The van der Waals surface area contributed by atoms with Crippen LogP contribution in [0.5, 0.6) is 0 Å². The summed E-state index contributed by atoms with van der Waals surface area (Å²) in [5.41, 5.74) is 1.11. The van der Waals surface area contributed by atoms with Crippen LogP contribution < -0.4 is 5.32 Å². The first kappa shape index (κ1) is 18.8. The highest BCUT2D eigenvalue weighted by Gasteiger charge is 2.13. The summed E-state index contributed by atoms with van der Waals surface area (Å²) in [5, 5.41) is 4.29. The van der Waals surface area contributed by atoms with E-state index >= 15 is 0 Å². The van der Waals surface area contributed by atoms with E-state index < -0.39 is 5.82 Å². The van der Waals surface area contributed by atoms with E-state index in [2.05, 4.69) is 10.3 Å². The number of carbonyl (C=O) groups is 1. The molecule has 3 rings (SSSR count). The highest BCUT2D eigenvalue weighted by Crippen LogP contribution is 2.33. The molecule has 8 heteroatoms. The Morgan fingerprint density at radius 2 is 2.04 bits per heavy atom. The van der Waals surface area contributed by atoms with E-state index in [9.17, 15) is 9.18 Å². The fourth-order valence-electron chi connectivity index (χ4n) is 2.27. The molecule has 0 aliphatic carbocycles. The molecule has 1 heterocycles. The fraction of sp³-hybridized carbons (Fsp3) is 0.111. The first-order chi connectivity index (χ1) is 12.4. The van der Waals surface area contributed by atoms with Gasteiger partial charge in [-0.2, -0.15) is 0 Å². The van der Waals surface area contributed by atoms with Crippen molar-refractivity contribution < 1.29 is 9.18 Å². The highest BCUT2D eigenvalue weighted by molar-refractivity contribution is 7.99. The summed E-state index contributed by atoms with van der Waals surface area (Å²) in [7, 11) is 1.86. The third kappa shape index (κ3) is 4.58. The second kappa shape index (κ2) is 8.12. The Balaban J connectivity index is 1.77. The Hall–Kier alpha value is -2.02. The molecule has 0 unspecified atom stereocenters. The number of carbonyl (C=O) groups excluding carboxylic acids is 1. The zero-order chi connectivity index (χ0) is 18.7. The standard InChI is InChI=1S/C18H14Cl2FN3OS/c1-24-7-6-22-18(24)26-16-5-3-12(21)10-15(16)23-17(25)9-11-2-4-13(19)14(20)8-11/h2-8,10H,9H2,1H3,(H,23,25). The van der Waals surface area contributed by atoms with Crippen molar-refractivity contribution in [2.75, 3.05) is 5.32 Å². The number of amides is 1. The molecule has 1 amide bonds. The Morgan fingerprint density at radius 1 is 1.23 bits per heavy atom. The zero-order valence-corrected chi connectivity index (χ0v) is 16.0. The number of benzene rings is 2. The molecule has 134 valence electrons. The van der Waals surface area contributed by atoms with Gasteiger partial charge in [0.25, 0.3) is 0 Å². The van der Waals surface area contributed by atoms with Gasteiger partial charge in [0, 0.05) is 24.3 Å². The van der Waals surface area contributed by atoms with E-state index in [-0.39, 0.29) is 12.3 Å². The maximum Gasteiger partial charge on any atom is 0.228 e. The van der Waals surface area contributed by atoms with Crippen molar-refractivity contribution in [3.8, 4) is 0 Å². The molecule has 0 aliphatic rings. The minimum Gasteiger partial charge on any atom is -0.329 e. The zero-order valence-electron chi connectivity index (χ0n) is 13.7. The van der Waals surface area contributed by atoms with Crippen molar-refractivity contribution in [2.45, 2.75) is 16.5 Å². The molecule has 1 aromatic heterocycles. The second-order valence-electron chi connectivity index (χ2n) is 5.54. The molecule has 1 N–H and O–H groups in total. The first-order valence-corrected chi connectivity index (χ1v) is 9.18. The molecule has 0 saturated heterocycles. The van der Waals surface area contributed by atoms with Crippen LogP contribution in [0.25, 0.3) is 0 Å². The number of anilines is 1. The van der Waals surface area contributed by atoms with Crippen molar-refractivity contribution in [3.05, 3.63) is 70.2 Å². The van der Waals surface area contributed by atoms with Gasteiger partial charge in [-0.05, 0) is 47.7 Å². The SMILES string of the molecule is Cn1ccnc1Sc1ccc(F)cc1NC(=O)Cc1ccc(Cl)c(Cl)c1. The summed E-state index contributed by atoms with van der Waals surface area (Å²) in [5.74, 6) is -0.713. The van der Waals surface area contributed by atoms with Gasteiger partial charge in [0.15, 0.2) is 5.16 Å². The van der Waals surface area contributed by atoms with Crippen LogP contribution in [0.15, 0.2) is 58.8 Å². The van der Waals surface area contributed by atoms with Crippen molar-refractivity contribution in [3.63, 3.8) is 0 Å². The number of aromatic nitrogens is 2. The monoisotopic (exact) mass is 409 g/mol. The van der Waals surface area contributed by atoms with Gasteiger partial charge in [-0.3, -0.25) is 4.79 Å². The Bertz CT molecular complexity index is 961. The lowest BCUT2D eigenvalue weighted by Gasteiger charge is -2.11. The molecule has 0 atom stereocenters. The molecule has 2 aromatic carbocycles. The largest absolute Gasteiger partial charge is 0.329 e. The van der Waals surface area contributed by atoms with E-state index in [0.717, 1.165) is 5.16 Å². The average Bonchev–Trinajstić information content (AvgIpc) is 2.98. The van der Waals surface area contributed by atoms with Crippen LogP contribution >= 0.6 is 35.0 Å². The lowest BCUT2D eigenvalue weighted by Crippen LogP contribution is -2.15. The second-order valence-corrected chi connectivity index (χ2v) is 7.36. The van der Waals surface area contributed by atoms with Gasteiger partial charge >= 0.3 is 0 Å². The Labute approximate surface area is 164 Å². The fourth-order valence-corrected chi connectivity index (χ4v) is 3.46. The van der Waals surface area contributed by atoms with Gasteiger partial charge in [-0.25, -0.2) is 9.37 Å². The third-order valence-corrected chi connectivity index (χ3v) is 5.43. The number of hydrogen-bond donors (Lipinski definition) is 1. The van der Waals surface area contributed by atoms with Crippen molar-refractivity contribution in [2.24, 2.45) is 7.05 Å². The number of aryl methyl sites for hydroxylation is 1. The lowest BCUT2D eigenvalue weighted by atomic mass is 10.1. The number of nitrogens with zero attached hydrogens (tertiary/aromatic N) is 2. The van der Waals surface area contributed by atoms with Crippen LogP contribution in [0.2, 0.25) is 10.0 Å². The van der Waals surface area contributed by atoms with Crippen LogP contribution in [0.4, 0.5) is 10.1 Å². The van der Waals surface area contributed by atoms with Crippen LogP contribution in [-0.4, -0.2) is 15.5 Å². The van der Waals surface area contributed by atoms with Gasteiger partial charge in [0.1, 0.15) is 5.82 Å². The van der Waals surface area contributed by atoms with Crippen molar-refractivity contribution in [1.82, 2.24) is 9.55 Å². The van der Waals surface area contributed by atoms with Gasteiger partial charge in [0.2, 0.25) is 5.91 Å². The number of halogens is 3. The molecule has 0 saturated carbocycles. The molecule has 0 radical (unpaired) electrons. The molecule has 0 aliphatic heterocycles. The van der Waals surface area contributed by atoms with Gasteiger partial charge in [-0.15, -0.1) is 0 Å². The van der Waals surface area contributed by atoms with E-state index in [1.165, 1.54) is 23.9 Å². The molecular weight excluding hydrogens is 396 g/mol. The van der Waals surface area contributed by atoms with Crippen LogP contribution in [0.3, 0.4) is 0 Å². The Kier molecular flexibility index (Phi) is 5.86. The summed E-state index contributed by atoms with van der Waals surface area (Å²) < 4.78 is 15.5. The van der Waals surface area contributed by atoms with Crippen molar-refractivity contribution in [1.29, 1.82) is 0 Å². The highest BCUT2D eigenvalue weighted by atomic mass is 35.5. The van der Waals surface area contributed by atoms with E-state index in [4.69, 9.17) is 23.2 Å². The minimum absolute atomic E-state index is 0.0971. The van der Waals surface area contributed by atoms with Crippen LogP contribution in [0, 0.1) is 5.82 Å². The van der Waals surface area contributed by atoms with Crippen molar-refractivity contribution >= 4 is 46.6 Å². The summed E-state index contributed by atoms with van der Waals surface area (Å²) in [6.45, 7) is 0. The first-order valence-electron chi connectivity index (χ1n) is 7.61. The summed E-state index contributed by atoms with van der Waals surface area (Å²) >= 11 is 13.2. The van der Waals surface area contributed by atoms with E-state index in [1.54, 1.807) is 30.5 Å². The molecule has 26 heavy (non-hydrogen) atoms. The smallest absolute Gasteiger partial charge is 0.228 e. The molecule has 4 nitrogen and oxygen atoms in total. The predicted molar refractivity (Wildman–Crippen MR) is 103 cm³/mol. The number of rotatable bonds is 5. The molecule has 3 aromatic rings. The quantitative estimate of drug-likeness (QED) is 0.629. The third-order valence-electron chi connectivity index (χ3n) is 3.54. The number of imidazole rings is 1. The number of nitrogens with one attached hydrogen (secondary N) is 1. The van der Waals surface area contributed by atoms with Crippen LogP contribution in [-0.2, 0) is 18.3 Å². The van der Waals surface area contributed by atoms with Crippen LogP contribution in [0.1, 0.15) is 5.56 Å². The number of hydrogen-bond acceptors (Lipinski definition) is 3. The summed E-state index contributed by atoms with van der Waals surface area (Å²) in [4.78, 5) is 17.3. The minimum atomic E-state index is -0.431. The molecule has 0 spiro atoms. The predicted octanol–water partition coefficient (Wildman–Crippen LogP) is 5.20. The normalized spacial score (nSPS) is 10.8. The summed E-state index contributed by atoms with van der Waals surface area (Å²) in [6, 6.07) is 9.25. The maximum atomic E-state index is 13.7. The van der Waals surface area contributed by atoms with E-state index in [1.807, 2.05) is 17.8 Å². The molecule has 0 fully saturated rings. The topological polar surface area (TPSA) is 46.9 Å². The van der Waals surface area contributed by atoms with Gasteiger partial charge in [0.05, 0.1) is 22.2 Å². The van der Waals surface area contributed by atoms with Gasteiger partial charge < -0.3 is 9.88 Å². The maximum absolute atomic E-state index is 13.7. The lowest BCUT2D eigenvalue weighted by molar-refractivity contribution is -0.115. The summed E-state index contributed by atoms with van der Waals surface area (Å²) in [6.07, 6.45) is 3.59. The molecular formula is C18H14Cl2FN3OS. The van der Waals surface area contributed by atoms with E-state index in [0.29, 0.717) is 26.2 Å².